The Balaban J connectivity index is 1.76. The van der Waals surface area contributed by atoms with Crippen LogP contribution in [-0.2, 0) is 16.9 Å². The number of halogens is 1. The molecule has 2 unspecified atom stereocenters. The summed E-state index contributed by atoms with van der Waals surface area (Å²) in [5, 5.41) is 14.2. The van der Waals surface area contributed by atoms with Gasteiger partial charge in [0, 0.05) is 19.2 Å². The van der Waals surface area contributed by atoms with Crippen LogP contribution in [0.15, 0.2) is 42.6 Å². The minimum Gasteiger partial charge on any atom is -0.472 e. The van der Waals surface area contributed by atoms with E-state index in [4.69, 9.17) is 15.2 Å². The van der Waals surface area contributed by atoms with Crippen LogP contribution in [0.2, 0.25) is 0 Å². The number of rotatable bonds is 5. The number of alkyl halides is 1. The zero-order chi connectivity index (χ0) is 19.6. The van der Waals surface area contributed by atoms with Gasteiger partial charge in [-0.2, -0.15) is 10.4 Å². The van der Waals surface area contributed by atoms with Crippen LogP contribution in [0.3, 0.4) is 0 Å². The second-order valence-corrected chi connectivity index (χ2v) is 6.83. The van der Waals surface area contributed by atoms with Crippen LogP contribution in [0.1, 0.15) is 18.4 Å². The van der Waals surface area contributed by atoms with E-state index >= 15 is 4.39 Å². The number of nitrogen functional groups attached to an aromatic ring is 1. The molecular weight excluding hydrogens is 361 g/mol. The maximum absolute atomic E-state index is 15.0. The highest BCUT2D eigenvalue weighted by atomic mass is 19.1. The number of hydrogen-bond acceptors (Lipinski definition) is 6. The first-order chi connectivity index (χ1) is 13.7. The summed E-state index contributed by atoms with van der Waals surface area (Å²) in [6.07, 6.45) is 0.417. The molecule has 1 fully saturated rings. The summed E-state index contributed by atoms with van der Waals surface area (Å²) in [4.78, 5) is 4.28. The van der Waals surface area contributed by atoms with Crippen molar-refractivity contribution in [3.05, 3.63) is 48.2 Å². The van der Waals surface area contributed by atoms with Crippen molar-refractivity contribution < 1.29 is 13.9 Å². The van der Waals surface area contributed by atoms with E-state index in [-0.39, 0.29) is 25.3 Å². The second kappa shape index (κ2) is 7.44. The molecule has 7 nitrogen and oxygen atoms in total. The average molecular weight is 381 g/mol. The summed E-state index contributed by atoms with van der Waals surface area (Å²) >= 11 is 0. The lowest BCUT2D eigenvalue weighted by Crippen LogP contribution is -2.50. The molecule has 8 heteroatoms. The Morgan fingerprint density at radius 1 is 1.36 bits per heavy atom. The summed E-state index contributed by atoms with van der Waals surface area (Å²) in [6, 6.07) is 13.5. The molecule has 0 radical (unpaired) electrons. The van der Waals surface area contributed by atoms with E-state index in [9.17, 15) is 5.26 Å². The molecule has 28 heavy (non-hydrogen) atoms. The molecule has 1 saturated heterocycles. The van der Waals surface area contributed by atoms with Crippen molar-refractivity contribution in [2.75, 3.05) is 18.9 Å². The molecule has 2 atom stereocenters. The Kier molecular flexibility index (Phi) is 4.84. The number of nitrogens with two attached hydrogens (primary N) is 1. The maximum atomic E-state index is 15.0. The van der Waals surface area contributed by atoms with Crippen LogP contribution in [-0.4, -0.2) is 34.1 Å². The predicted molar refractivity (Wildman–Crippen MR) is 101 cm³/mol. The minimum atomic E-state index is -1.27. The first-order valence-corrected chi connectivity index (χ1v) is 9.05. The third-order valence-corrected chi connectivity index (χ3v) is 5.06. The standard InChI is InChI=1S/C20H20FN5O2/c21-16-7-11-27-13-20(16,8-9-22)26-15-6-10-24-19(17(15)18(23)25-26)28-12-14-4-2-1-3-5-14/h1-6,10,16H,7-8,11-13H2,(H2,23,25). The topological polar surface area (TPSA) is 99.0 Å². The Bertz CT molecular complexity index is 1020. The highest BCUT2D eigenvalue weighted by molar-refractivity contribution is 5.93. The van der Waals surface area contributed by atoms with Gasteiger partial charge in [0.05, 0.1) is 24.6 Å². The quantitative estimate of drug-likeness (QED) is 0.729. The van der Waals surface area contributed by atoms with E-state index in [0.29, 0.717) is 30.0 Å². The van der Waals surface area contributed by atoms with Gasteiger partial charge in [0.25, 0.3) is 0 Å². The van der Waals surface area contributed by atoms with Crippen molar-refractivity contribution in [2.45, 2.75) is 31.2 Å². The van der Waals surface area contributed by atoms with E-state index in [0.717, 1.165) is 5.56 Å². The Morgan fingerprint density at radius 2 is 2.18 bits per heavy atom. The number of ether oxygens (including phenoxy) is 2. The Labute approximate surface area is 161 Å². The average Bonchev–Trinajstić information content (AvgIpc) is 3.07. The Morgan fingerprint density at radius 3 is 2.93 bits per heavy atom. The van der Waals surface area contributed by atoms with Gasteiger partial charge in [-0.25, -0.2) is 9.37 Å². The van der Waals surface area contributed by atoms with E-state index in [1.807, 2.05) is 30.3 Å². The van der Waals surface area contributed by atoms with Crippen molar-refractivity contribution in [3.8, 4) is 11.9 Å². The monoisotopic (exact) mass is 381 g/mol. The van der Waals surface area contributed by atoms with Crippen LogP contribution in [0.25, 0.3) is 10.9 Å². The van der Waals surface area contributed by atoms with Crippen molar-refractivity contribution >= 4 is 16.7 Å². The summed E-state index contributed by atoms with van der Waals surface area (Å²) in [5.74, 6) is 0.505. The molecule has 1 aromatic carbocycles. The highest BCUT2D eigenvalue weighted by Crippen LogP contribution is 2.39. The van der Waals surface area contributed by atoms with Crippen molar-refractivity contribution in [3.63, 3.8) is 0 Å². The molecule has 2 aromatic heterocycles. The fraction of sp³-hybridized carbons (Fsp3) is 0.350. The second-order valence-electron chi connectivity index (χ2n) is 6.83. The molecule has 0 bridgehead atoms. The molecule has 1 aliphatic heterocycles. The van der Waals surface area contributed by atoms with Gasteiger partial charge >= 0.3 is 0 Å². The van der Waals surface area contributed by atoms with Crippen LogP contribution >= 0.6 is 0 Å². The van der Waals surface area contributed by atoms with Crippen LogP contribution in [0.5, 0.6) is 5.88 Å². The normalized spacial score (nSPS) is 22.1. The number of hydrogen-bond donors (Lipinski definition) is 1. The number of aromatic nitrogens is 3. The third-order valence-electron chi connectivity index (χ3n) is 5.06. The van der Waals surface area contributed by atoms with E-state index in [1.165, 1.54) is 4.68 Å². The molecule has 3 heterocycles. The lowest BCUT2D eigenvalue weighted by molar-refractivity contribution is -0.0572. The first kappa shape index (κ1) is 18.2. The van der Waals surface area contributed by atoms with Gasteiger partial charge in [-0.3, -0.25) is 4.68 Å². The minimum absolute atomic E-state index is 0.0560. The largest absolute Gasteiger partial charge is 0.472 e. The predicted octanol–water partition coefficient (Wildman–Crippen LogP) is 2.96. The van der Waals surface area contributed by atoms with Gasteiger partial charge < -0.3 is 15.2 Å². The van der Waals surface area contributed by atoms with E-state index in [2.05, 4.69) is 16.2 Å². The summed E-state index contributed by atoms with van der Waals surface area (Å²) in [6.45, 7) is 0.687. The SMILES string of the molecule is N#CCC1(n2nc(N)c3c(OCc4ccccc4)nccc32)COCCC1F. The van der Waals surface area contributed by atoms with Crippen molar-refractivity contribution in [1.29, 1.82) is 5.26 Å². The summed E-state index contributed by atoms with van der Waals surface area (Å²) in [7, 11) is 0. The van der Waals surface area contributed by atoms with E-state index < -0.39 is 11.7 Å². The van der Waals surface area contributed by atoms with Gasteiger partial charge in [0.1, 0.15) is 23.7 Å². The van der Waals surface area contributed by atoms with Gasteiger partial charge in [0.15, 0.2) is 5.82 Å². The van der Waals surface area contributed by atoms with Gasteiger partial charge in [-0.15, -0.1) is 0 Å². The number of anilines is 1. The third kappa shape index (κ3) is 3.04. The molecular formula is C20H20FN5O2. The summed E-state index contributed by atoms with van der Waals surface area (Å²) in [5.41, 5.74) is 6.49. The fourth-order valence-electron chi connectivity index (χ4n) is 3.60. The van der Waals surface area contributed by atoms with Crippen LogP contribution < -0.4 is 10.5 Å². The number of pyridine rings is 1. The molecule has 0 amide bonds. The number of benzene rings is 1. The number of nitriles is 1. The molecule has 0 saturated carbocycles. The molecule has 2 N–H and O–H groups in total. The first-order valence-electron chi connectivity index (χ1n) is 9.05. The van der Waals surface area contributed by atoms with Gasteiger partial charge in [-0.05, 0) is 11.6 Å². The maximum Gasteiger partial charge on any atom is 0.227 e. The molecule has 0 spiro atoms. The molecule has 4 rings (SSSR count). The van der Waals surface area contributed by atoms with Gasteiger partial charge in [-0.1, -0.05) is 30.3 Å². The highest BCUT2D eigenvalue weighted by Gasteiger charge is 2.46. The molecule has 144 valence electrons. The van der Waals surface area contributed by atoms with E-state index in [1.54, 1.807) is 12.3 Å². The molecule has 1 aliphatic rings. The zero-order valence-corrected chi connectivity index (χ0v) is 15.2. The smallest absolute Gasteiger partial charge is 0.227 e. The lowest BCUT2D eigenvalue weighted by atomic mass is 9.87. The molecule has 0 aliphatic carbocycles. The van der Waals surface area contributed by atoms with Crippen LogP contribution in [0.4, 0.5) is 10.2 Å². The Hall–Kier alpha value is -3.18. The van der Waals surface area contributed by atoms with Crippen molar-refractivity contribution in [2.24, 2.45) is 0 Å². The zero-order valence-electron chi connectivity index (χ0n) is 15.2. The van der Waals surface area contributed by atoms with Gasteiger partial charge in [0.2, 0.25) is 5.88 Å². The van der Waals surface area contributed by atoms with Crippen molar-refractivity contribution in [1.82, 2.24) is 14.8 Å². The number of nitrogens with zero attached hydrogens (tertiary/aromatic N) is 4. The lowest BCUT2D eigenvalue weighted by Gasteiger charge is -2.38. The summed E-state index contributed by atoms with van der Waals surface area (Å²) < 4.78 is 27.9. The molecule has 3 aromatic rings. The van der Waals surface area contributed by atoms with Crippen LogP contribution in [0, 0.1) is 11.3 Å². The fourth-order valence-corrected chi connectivity index (χ4v) is 3.60. The number of fused-ring (bicyclic) bond motifs is 1.